The second-order valence-corrected chi connectivity index (χ2v) is 7.61. The van der Waals surface area contributed by atoms with Crippen LogP contribution in [0.3, 0.4) is 0 Å². The van der Waals surface area contributed by atoms with E-state index in [1.807, 2.05) is 0 Å². The van der Waals surface area contributed by atoms with E-state index in [1.54, 1.807) is 36.7 Å². The smallest absolute Gasteiger partial charge is 0.313 e. The lowest BCUT2D eigenvalue weighted by molar-refractivity contribution is -0.127. The molecule has 0 amide bonds. The first kappa shape index (κ1) is 19.3. The van der Waals surface area contributed by atoms with E-state index in [-0.39, 0.29) is 23.0 Å². The van der Waals surface area contributed by atoms with Crippen LogP contribution in [-0.2, 0) is 6.42 Å². The zero-order valence-electron chi connectivity index (χ0n) is 16.0. The van der Waals surface area contributed by atoms with Gasteiger partial charge in [0.2, 0.25) is 0 Å². The molecule has 0 bridgehead atoms. The molecule has 0 spiro atoms. The highest BCUT2D eigenvalue weighted by Gasteiger charge is 2.43. The Bertz CT molecular complexity index is 1400. The molecule has 7 nitrogen and oxygen atoms in total. The number of imidazole rings is 1. The van der Waals surface area contributed by atoms with Crippen molar-refractivity contribution in [3.8, 4) is 11.3 Å². The van der Waals surface area contributed by atoms with E-state index in [0.29, 0.717) is 23.3 Å². The lowest BCUT2D eigenvalue weighted by Crippen LogP contribution is -2.23. The van der Waals surface area contributed by atoms with Gasteiger partial charge in [0.1, 0.15) is 0 Å². The van der Waals surface area contributed by atoms with Crippen LogP contribution in [0.25, 0.3) is 16.9 Å². The number of hydrogen-bond donors (Lipinski definition) is 2. The third kappa shape index (κ3) is 3.65. The molecule has 1 aliphatic carbocycles. The summed E-state index contributed by atoms with van der Waals surface area (Å²) >= 11 is 0. The van der Waals surface area contributed by atoms with Gasteiger partial charge in [-0.1, -0.05) is 24.3 Å². The maximum absolute atomic E-state index is 13.0. The van der Waals surface area contributed by atoms with Crippen LogP contribution >= 0.6 is 0 Å². The van der Waals surface area contributed by atoms with Gasteiger partial charge in [0.05, 0.1) is 17.7 Å². The minimum atomic E-state index is -4.29. The topological polar surface area (TPSA) is 95.9 Å². The number of aromatic nitrogens is 5. The van der Waals surface area contributed by atoms with Crippen molar-refractivity contribution in [3.63, 3.8) is 0 Å². The van der Waals surface area contributed by atoms with Gasteiger partial charge in [-0.15, -0.1) is 0 Å². The molecule has 10 heteroatoms. The number of halogens is 3. The number of alkyl halides is 3. The van der Waals surface area contributed by atoms with E-state index < -0.39 is 23.8 Å². The lowest BCUT2D eigenvalue weighted by atomic mass is 9.97. The van der Waals surface area contributed by atoms with Gasteiger partial charge in [0, 0.05) is 24.2 Å². The van der Waals surface area contributed by atoms with Crippen molar-refractivity contribution in [2.45, 2.75) is 30.9 Å². The fraction of sp³-hybridized carbons (Fsp3) is 0.238. The Morgan fingerprint density at radius 2 is 1.90 bits per heavy atom. The summed E-state index contributed by atoms with van der Waals surface area (Å²) in [5.74, 6) is -0.133. The average Bonchev–Trinajstić information content (AvgIpc) is 3.34. The average molecular weight is 427 g/mol. The molecule has 2 N–H and O–H groups in total. The molecular weight excluding hydrogens is 411 g/mol. The van der Waals surface area contributed by atoms with Gasteiger partial charge in [-0.25, -0.2) is 14.3 Å². The monoisotopic (exact) mass is 427 g/mol. The van der Waals surface area contributed by atoms with Crippen LogP contribution in [0.4, 0.5) is 13.2 Å². The van der Waals surface area contributed by atoms with Gasteiger partial charge in [-0.05, 0) is 35.4 Å². The highest BCUT2D eigenvalue weighted by molar-refractivity contribution is 5.63. The van der Waals surface area contributed by atoms with Crippen LogP contribution in [0.1, 0.15) is 34.9 Å². The molecule has 1 fully saturated rings. The van der Waals surface area contributed by atoms with Crippen molar-refractivity contribution in [3.05, 3.63) is 86.5 Å². The van der Waals surface area contributed by atoms with Gasteiger partial charge in [0.25, 0.3) is 5.56 Å². The second-order valence-electron chi connectivity index (χ2n) is 7.61. The maximum Gasteiger partial charge on any atom is 0.393 e. The minimum Gasteiger partial charge on any atom is -0.313 e. The first-order valence-electron chi connectivity index (χ1n) is 9.61. The van der Waals surface area contributed by atoms with Crippen molar-refractivity contribution in [2.75, 3.05) is 0 Å². The Morgan fingerprint density at radius 1 is 1.13 bits per heavy atom. The highest BCUT2D eigenvalue weighted by Crippen LogP contribution is 2.56. The quantitative estimate of drug-likeness (QED) is 0.523. The molecule has 1 saturated carbocycles. The van der Waals surface area contributed by atoms with E-state index in [2.05, 4.69) is 20.1 Å². The first-order valence-corrected chi connectivity index (χ1v) is 9.61. The lowest BCUT2D eigenvalue weighted by Gasteiger charge is -2.12. The predicted octanol–water partition coefficient (Wildman–Crippen LogP) is 3.15. The molecule has 0 unspecified atom stereocenters. The van der Waals surface area contributed by atoms with Crippen LogP contribution in [-0.4, -0.2) is 30.7 Å². The molecule has 0 saturated heterocycles. The Labute approximate surface area is 172 Å². The summed E-state index contributed by atoms with van der Waals surface area (Å²) in [4.78, 5) is 32.5. The number of nitrogens with zero attached hydrogens (tertiary/aromatic N) is 3. The van der Waals surface area contributed by atoms with E-state index in [1.165, 1.54) is 16.8 Å². The molecule has 158 valence electrons. The Hall–Kier alpha value is -3.69. The van der Waals surface area contributed by atoms with E-state index >= 15 is 0 Å². The molecule has 2 atom stereocenters. The van der Waals surface area contributed by atoms with E-state index in [4.69, 9.17) is 0 Å². The van der Waals surface area contributed by atoms with Crippen LogP contribution in [0.15, 0.2) is 58.5 Å². The first-order chi connectivity index (χ1) is 14.8. The summed E-state index contributed by atoms with van der Waals surface area (Å²) in [6.07, 6.45) is -0.0910. The molecule has 3 heterocycles. The third-order valence-electron chi connectivity index (χ3n) is 5.52. The second kappa shape index (κ2) is 6.93. The molecule has 1 aromatic carbocycles. The predicted molar refractivity (Wildman–Crippen MR) is 106 cm³/mol. The third-order valence-corrected chi connectivity index (χ3v) is 5.52. The minimum absolute atomic E-state index is 0.0529. The fourth-order valence-electron chi connectivity index (χ4n) is 4.10. The number of hydrogen-bond acceptors (Lipinski definition) is 4. The van der Waals surface area contributed by atoms with Crippen molar-refractivity contribution in [1.29, 1.82) is 0 Å². The standard InChI is InChI=1S/C21H16F3N5O2/c22-21(23,24)9-11-3-1-2-4-12(11)13-7-14(13)15-8-17(28-29-6-5-25-18(15)29)16-10-26-20(31)27-19(16)30/h1-6,8,10,13-14H,7,9H2,(H2,26,27,30,31)/t13-,14+/m1/s1. The Kier molecular flexibility index (Phi) is 4.31. The number of nitrogens with one attached hydrogen (secondary N) is 2. The van der Waals surface area contributed by atoms with Crippen LogP contribution < -0.4 is 11.2 Å². The Balaban J connectivity index is 1.56. The van der Waals surface area contributed by atoms with E-state index in [0.717, 1.165) is 5.56 Å². The molecule has 0 radical (unpaired) electrons. The van der Waals surface area contributed by atoms with E-state index in [9.17, 15) is 22.8 Å². The Morgan fingerprint density at radius 3 is 2.68 bits per heavy atom. The van der Waals surface area contributed by atoms with Crippen molar-refractivity contribution < 1.29 is 13.2 Å². The molecule has 1 aliphatic rings. The normalized spacial score (nSPS) is 18.4. The molecule has 5 rings (SSSR count). The summed E-state index contributed by atoms with van der Waals surface area (Å²) < 4.78 is 40.6. The summed E-state index contributed by atoms with van der Waals surface area (Å²) in [7, 11) is 0. The van der Waals surface area contributed by atoms with Crippen LogP contribution in [0.5, 0.6) is 0 Å². The van der Waals surface area contributed by atoms with Gasteiger partial charge in [0.15, 0.2) is 5.65 Å². The zero-order valence-corrected chi connectivity index (χ0v) is 16.0. The van der Waals surface area contributed by atoms with Gasteiger partial charge in [-0.2, -0.15) is 18.3 Å². The largest absolute Gasteiger partial charge is 0.393 e. The number of fused-ring (bicyclic) bond motifs is 1. The van der Waals surface area contributed by atoms with Crippen molar-refractivity contribution in [2.24, 2.45) is 0 Å². The molecular formula is C21H16F3N5O2. The van der Waals surface area contributed by atoms with Crippen molar-refractivity contribution in [1.82, 2.24) is 24.6 Å². The number of aromatic amines is 2. The molecule has 4 aromatic rings. The molecule has 31 heavy (non-hydrogen) atoms. The summed E-state index contributed by atoms with van der Waals surface area (Å²) in [6.45, 7) is 0. The molecule has 0 aliphatic heterocycles. The summed E-state index contributed by atoms with van der Waals surface area (Å²) in [5.41, 5.74) is 1.66. The summed E-state index contributed by atoms with van der Waals surface area (Å²) in [6, 6.07) is 8.34. The number of rotatable bonds is 4. The SMILES string of the molecule is O=c1[nH]cc(-c2cc([C@H]3C[C@@H]3c3ccccc3CC(F)(F)F)c3nccn3n2)c(=O)[nH]1. The summed E-state index contributed by atoms with van der Waals surface area (Å²) in [5, 5.41) is 4.39. The fourth-order valence-corrected chi connectivity index (χ4v) is 4.10. The van der Waals surface area contributed by atoms with Gasteiger partial charge >= 0.3 is 11.9 Å². The number of benzene rings is 1. The van der Waals surface area contributed by atoms with Gasteiger partial charge in [-0.3, -0.25) is 9.78 Å². The van der Waals surface area contributed by atoms with Crippen LogP contribution in [0.2, 0.25) is 0 Å². The molecule has 3 aromatic heterocycles. The van der Waals surface area contributed by atoms with Crippen molar-refractivity contribution >= 4 is 5.65 Å². The number of H-pyrrole nitrogens is 2. The highest BCUT2D eigenvalue weighted by atomic mass is 19.4. The van der Waals surface area contributed by atoms with Gasteiger partial charge < -0.3 is 4.98 Å². The maximum atomic E-state index is 13.0. The zero-order chi connectivity index (χ0) is 21.8. The van der Waals surface area contributed by atoms with Crippen LogP contribution in [0, 0.1) is 0 Å².